The second-order valence-electron chi connectivity index (χ2n) is 5.86. The third-order valence-corrected chi connectivity index (χ3v) is 3.54. The molecule has 0 aliphatic rings. The molecule has 2 N–H and O–H groups in total. The number of hydrogen-bond donors (Lipinski definition) is 2. The van der Waals surface area contributed by atoms with E-state index in [0.717, 1.165) is 11.3 Å². The maximum absolute atomic E-state index is 12.5. The second-order valence-corrected chi connectivity index (χ2v) is 5.86. The summed E-state index contributed by atoms with van der Waals surface area (Å²) in [5.41, 5.74) is 1.11. The molecule has 1 aromatic heterocycles. The maximum atomic E-state index is 12.5. The Labute approximate surface area is 139 Å². The van der Waals surface area contributed by atoms with E-state index in [0.29, 0.717) is 5.56 Å². The van der Waals surface area contributed by atoms with Crippen molar-refractivity contribution in [3.8, 4) is 5.69 Å². The van der Waals surface area contributed by atoms with Crippen LogP contribution in [0, 0.1) is 6.92 Å². The third-order valence-electron chi connectivity index (χ3n) is 3.54. The first-order valence-corrected chi connectivity index (χ1v) is 7.33. The van der Waals surface area contributed by atoms with Gasteiger partial charge in [0.05, 0.1) is 24.3 Å². The van der Waals surface area contributed by atoms with Gasteiger partial charge in [0.25, 0.3) is 5.91 Å². The Balaban J connectivity index is 2.20. The van der Waals surface area contributed by atoms with Crippen LogP contribution in [0.3, 0.4) is 0 Å². The first-order chi connectivity index (χ1) is 11.3. The summed E-state index contributed by atoms with van der Waals surface area (Å²) in [5, 5.41) is 15.8. The van der Waals surface area contributed by atoms with Crippen molar-refractivity contribution in [1.82, 2.24) is 20.1 Å². The van der Waals surface area contributed by atoms with Crippen molar-refractivity contribution in [2.24, 2.45) is 0 Å². The Hall–Kier alpha value is -2.74. The Morgan fingerprint density at radius 1 is 1.42 bits per heavy atom. The number of rotatable bonds is 7. The lowest BCUT2D eigenvalue weighted by molar-refractivity contribution is -0.139. The minimum Gasteiger partial charge on any atom is -0.481 e. The summed E-state index contributed by atoms with van der Waals surface area (Å²) in [4.78, 5) is 27.4. The standard InChI is InChI=1S/C16H20N4O4/c1-11-6-12(4-5-13(11)20-10-17-9-18-20)15(23)19-16(2,8-24-3)7-14(21)22/h4-6,9-10H,7-8H2,1-3H3,(H,19,23)(H,21,22). The molecule has 0 bridgehead atoms. The van der Waals surface area contributed by atoms with Crippen molar-refractivity contribution in [2.75, 3.05) is 13.7 Å². The zero-order chi connectivity index (χ0) is 17.7. The van der Waals surface area contributed by atoms with Crippen LogP contribution in [-0.2, 0) is 9.53 Å². The summed E-state index contributed by atoms with van der Waals surface area (Å²) in [7, 11) is 1.46. The predicted molar refractivity (Wildman–Crippen MR) is 86.1 cm³/mol. The van der Waals surface area contributed by atoms with Gasteiger partial charge >= 0.3 is 5.97 Å². The van der Waals surface area contributed by atoms with Gasteiger partial charge in [0.2, 0.25) is 0 Å². The van der Waals surface area contributed by atoms with E-state index in [1.165, 1.54) is 13.4 Å². The minimum atomic E-state index is -1.01. The van der Waals surface area contributed by atoms with E-state index in [2.05, 4.69) is 15.4 Å². The predicted octanol–water partition coefficient (Wildman–Crippen LogP) is 1.19. The van der Waals surface area contributed by atoms with Gasteiger partial charge in [-0.1, -0.05) is 0 Å². The largest absolute Gasteiger partial charge is 0.481 e. The molecule has 0 spiro atoms. The van der Waals surface area contributed by atoms with Crippen LogP contribution in [0.4, 0.5) is 0 Å². The van der Waals surface area contributed by atoms with Gasteiger partial charge in [0.1, 0.15) is 12.7 Å². The molecule has 0 radical (unpaired) electrons. The quantitative estimate of drug-likeness (QED) is 0.789. The van der Waals surface area contributed by atoms with Crippen LogP contribution in [0.15, 0.2) is 30.9 Å². The van der Waals surface area contributed by atoms with Crippen molar-refractivity contribution in [3.63, 3.8) is 0 Å². The molecule has 24 heavy (non-hydrogen) atoms. The highest BCUT2D eigenvalue weighted by Crippen LogP contribution is 2.17. The number of hydrogen-bond acceptors (Lipinski definition) is 5. The normalized spacial score (nSPS) is 13.3. The number of carboxylic acids is 1. The molecule has 1 unspecified atom stereocenters. The number of nitrogens with one attached hydrogen (secondary N) is 1. The number of methoxy groups -OCH3 is 1. The number of amides is 1. The Morgan fingerprint density at radius 3 is 2.71 bits per heavy atom. The summed E-state index contributed by atoms with van der Waals surface area (Å²) in [5.74, 6) is -1.36. The molecule has 8 heteroatoms. The van der Waals surface area contributed by atoms with Crippen LogP contribution < -0.4 is 5.32 Å². The van der Waals surface area contributed by atoms with Gasteiger partial charge in [0.15, 0.2) is 0 Å². The zero-order valence-corrected chi connectivity index (χ0v) is 13.8. The minimum absolute atomic E-state index is 0.0983. The average Bonchev–Trinajstić information content (AvgIpc) is 3.00. The number of benzene rings is 1. The van der Waals surface area contributed by atoms with E-state index in [-0.39, 0.29) is 18.9 Å². The molecule has 0 aliphatic carbocycles. The van der Waals surface area contributed by atoms with E-state index in [1.807, 2.05) is 6.92 Å². The summed E-state index contributed by atoms with van der Waals surface area (Å²) in [6, 6.07) is 5.15. The third kappa shape index (κ3) is 4.17. The summed E-state index contributed by atoms with van der Waals surface area (Å²) < 4.78 is 6.65. The lowest BCUT2D eigenvalue weighted by Gasteiger charge is -2.28. The van der Waals surface area contributed by atoms with E-state index < -0.39 is 11.5 Å². The van der Waals surface area contributed by atoms with Crippen LogP contribution in [-0.4, -0.2) is 51.0 Å². The summed E-state index contributed by atoms with van der Waals surface area (Å²) >= 11 is 0. The van der Waals surface area contributed by atoms with Gasteiger partial charge in [-0.3, -0.25) is 9.59 Å². The number of ether oxygens (including phenoxy) is 1. The molecule has 1 amide bonds. The number of aromatic nitrogens is 3. The average molecular weight is 332 g/mol. The van der Waals surface area contributed by atoms with Gasteiger partial charge in [-0.15, -0.1) is 0 Å². The van der Waals surface area contributed by atoms with Crippen molar-refractivity contribution in [2.45, 2.75) is 25.8 Å². The lowest BCUT2D eigenvalue weighted by atomic mass is 9.98. The number of nitrogens with zero attached hydrogens (tertiary/aromatic N) is 3. The number of aryl methyl sites for hydroxylation is 1. The molecule has 2 rings (SSSR count). The lowest BCUT2D eigenvalue weighted by Crippen LogP contribution is -2.50. The number of carboxylic acid groups (broad SMARTS) is 1. The van der Waals surface area contributed by atoms with Gasteiger partial charge in [-0.2, -0.15) is 5.10 Å². The first kappa shape index (κ1) is 17.6. The molecule has 0 aliphatic heterocycles. The van der Waals surface area contributed by atoms with Gasteiger partial charge in [-0.05, 0) is 37.6 Å². The maximum Gasteiger partial charge on any atom is 0.305 e. The molecule has 1 heterocycles. The van der Waals surface area contributed by atoms with Crippen molar-refractivity contribution in [1.29, 1.82) is 0 Å². The van der Waals surface area contributed by atoms with Crippen molar-refractivity contribution >= 4 is 11.9 Å². The monoisotopic (exact) mass is 332 g/mol. The zero-order valence-electron chi connectivity index (χ0n) is 13.8. The molecule has 1 atom stereocenters. The van der Waals surface area contributed by atoms with E-state index in [9.17, 15) is 9.59 Å². The fraction of sp³-hybridized carbons (Fsp3) is 0.375. The molecular formula is C16H20N4O4. The molecule has 0 fully saturated rings. The van der Waals surface area contributed by atoms with Crippen LogP contribution >= 0.6 is 0 Å². The molecule has 1 aromatic carbocycles. The van der Waals surface area contributed by atoms with E-state index >= 15 is 0 Å². The molecule has 0 saturated carbocycles. The Morgan fingerprint density at radius 2 is 2.17 bits per heavy atom. The van der Waals surface area contributed by atoms with Crippen LogP contribution in [0.2, 0.25) is 0 Å². The fourth-order valence-electron chi connectivity index (χ4n) is 2.52. The summed E-state index contributed by atoms with van der Waals surface area (Å²) in [6.45, 7) is 3.60. The number of carbonyl (C=O) groups is 2. The number of carbonyl (C=O) groups excluding carboxylic acids is 1. The van der Waals surface area contributed by atoms with Gasteiger partial charge in [-0.25, -0.2) is 9.67 Å². The van der Waals surface area contributed by atoms with Crippen molar-refractivity contribution < 1.29 is 19.4 Å². The van der Waals surface area contributed by atoms with Crippen LogP contribution in [0.1, 0.15) is 29.3 Å². The molecule has 8 nitrogen and oxygen atoms in total. The molecule has 2 aromatic rings. The molecule has 0 saturated heterocycles. The van der Waals surface area contributed by atoms with Crippen molar-refractivity contribution in [3.05, 3.63) is 42.0 Å². The highest BCUT2D eigenvalue weighted by Gasteiger charge is 2.30. The topological polar surface area (TPSA) is 106 Å². The highest BCUT2D eigenvalue weighted by molar-refractivity contribution is 5.95. The van der Waals surface area contributed by atoms with Crippen LogP contribution in [0.25, 0.3) is 5.69 Å². The van der Waals surface area contributed by atoms with E-state index in [1.54, 1.807) is 36.1 Å². The Kier molecular flexibility index (Phi) is 5.30. The Bertz CT molecular complexity index is 730. The summed E-state index contributed by atoms with van der Waals surface area (Å²) in [6.07, 6.45) is 2.77. The SMILES string of the molecule is COCC(C)(CC(=O)O)NC(=O)c1ccc(-n2cncn2)c(C)c1. The van der Waals surface area contributed by atoms with Crippen LogP contribution in [0.5, 0.6) is 0 Å². The fourth-order valence-corrected chi connectivity index (χ4v) is 2.52. The molecule has 128 valence electrons. The number of aliphatic carboxylic acids is 1. The second kappa shape index (κ2) is 7.22. The highest BCUT2D eigenvalue weighted by atomic mass is 16.5. The molecular weight excluding hydrogens is 312 g/mol. The first-order valence-electron chi connectivity index (χ1n) is 7.33. The van der Waals surface area contributed by atoms with E-state index in [4.69, 9.17) is 9.84 Å². The van der Waals surface area contributed by atoms with Gasteiger partial charge in [0, 0.05) is 12.7 Å². The smallest absolute Gasteiger partial charge is 0.305 e. The van der Waals surface area contributed by atoms with Gasteiger partial charge < -0.3 is 15.2 Å².